The first-order valence-corrected chi connectivity index (χ1v) is 6.16. The van der Waals surface area contributed by atoms with Gasteiger partial charge in [0.05, 0.1) is 6.61 Å². The Kier molecular flexibility index (Phi) is 3.27. The van der Waals surface area contributed by atoms with E-state index in [2.05, 4.69) is 15.5 Å². The third-order valence-corrected chi connectivity index (χ3v) is 3.09. The number of nitrogens with zero attached hydrogens (tertiary/aromatic N) is 2. The van der Waals surface area contributed by atoms with Crippen LogP contribution in [-0.4, -0.2) is 29.8 Å². The first-order valence-electron chi connectivity index (χ1n) is 6.16. The highest BCUT2D eigenvalue weighted by Crippen LogP contribution is 2.24. The maximum absolute atomic E-state index is 13.3. The molecule has 100 valence electrons. The van der Waals surface area contributed by atoms with Crippen LogP contribution < -0.4 is 5.32 Å². The Hall–Kier alpha value is -1.79. The summed E-state index contributed by atoms with van der Waals surface area (Å²) in [6.07, 6.45) is -0.233. The fourth-order valence-corrected chi connectivity index (χ4v) is 2.03. The minimum absolute atomic E-state index is 0.233. The molecule has 1 aliphatic heterocycles. The summed E-state index contributed by atoms with van der Waals surface area (Å²) < 4.78 is 24.0. The summed E-state index contributed by atoms with van der Waals surface area (Å²) >= 11 is 0. The van der Waals surface area contributed by atoms with E-state index in [1.165, 1.54) is 12.1 Å². The van der Waals surface area contributed by atoms with Gasteiger partial charge >= 0.3 is 0 Å². The van der Waals surface area contributed by atoms with E-state index in [0.29, 0.717) is 30.4 Å². The second-order valence-electron chi connectivity index (χ2n) is 4.48. The Balaban J connectivity index is 1.89. The second-order valence-corrected chi connectivity index (χ2v) is 4.48. The third kappa shape index (κ3) is 2.50. The minimum Gasteiger partial charge on any atom is -0.366 e. The molecule has 1 fully saturated rings. The van der Waals surface area contributed by atoms with E-state index < -0.39 is 0 Å². The monoisotopic (exact) mass is 263 g/mol. The van der Waals surface area contributed by atoms with Crippen LogP contribution in [0.15, 0.2) is 22.7 Å². The van der Waals surface area contributed by atoms with E-state index in [9.17, 15) is 4.39 Å². The van der Waals surface area contributed by atoms with Crippen molar-refractivity contribution in [2.24, 2.45) is 0 Å². The Bertz CT molecular complexity index is 579. The summed E-state index contributed by atoms with van der Waals surface area (Å²) in [5.74, 6) is 0.495. The van der Waals surface area contributed by atoms with Crippen molar-refractivity contribution in [2.45, 2.75) is 13.0 Å². The molecule has 1 aromatic carbocycles. The molecule has 3 rings (SSSR count). The number of morpholine rings is 1. The highest BCUT2D eigenvalue weighted by atomic mass is 19.1. The van der Waals surface area contributed by atoms with Crippen LogP contribution >= 0.6 is 0 Å². The topological polar surface area (TPSA) is 60.2 Å². The highest BCUT2D eigenvalue weighted by Gasteiger charge is 2.23. The van der Waals surface area contributed by atoms with Gasteiger partial charge in [-0.15, -0.1) is 0 Å². The second kappa shape index (κ2) is 5.07. The van der Waals surface area contributed by atoms with Crippen LogP contribution in [0.2, 0.25) is 0 Å². The molecule has 2 heterocycles. The minimum atomic E-state index is -0.317. The van der Waals surface area contributed by atoms with E-state index in [1.54, 1.807) is 6.07 Å². The van der Waals surface area contributed by atoms with Crippen molar-refractivity contribution in [1.82, 2.24) is 15.5 Å². The molecule has 19 heavy (non-hydrogen) atoms. The van der Waals surface area contributed by atoms with Gasteiger partial charge < -0.3 is 14.6 Å². The molecule has 1 saturated heterocycles. The number of hydrogen-bond acceptors (Lipinski definition) is 5. The summed E-state index contributed by atoms with van der Waals surface area (Å²) in [5.41, 5.74) is 1.54. The zero-order chi connectivity index (χ0) is 13.2. The zero-order valence-corrected chi connectivity index (χ0v) is 10.5. The Morgan fingerprint density at radius 2 is 2.32 bits per heavy atom. The normalized spacial score (nSPS) is 19.6. The molecule has 0 bridgehead atoms. The molecule has 1 N–H and O–H groups in total. The molecular formula is C13H14FN3O2. The van der Waals surface area contributed by atoms with Gasteiger partial charge in [-0.1, -0.05) is 11.2 Å². The number of nitrogens with one attached hydrogen (secondary N) is 1. The molecule has 1 atom stereocenters. The largest absolute Gasteiger partial charge is 0.366 e. The predicted octanol–water partition coefficient (Wildman–Crippen LogP) is 1.85. The zero-order valence-electron chi connectivity index (χ0n) is 10.5. The number of rotatable bonds is 2. The SMILES string of the molecule is Cc1ccc(F)cc1-c1noc(C2CNCCO2)n1. The van der Waals surface area contributed by atoms with Crippen LogP contribution in [0.5, 0.6) is 0 Å². The van der Waals surface area contributed by atoms with Crippen molar-refractivity contribution < 1.29 is 13.7 Å². The molecule has 6 heteroatoms. The van der Waals surface area contributed by atoms with Gasteiger partial charge in [0.1, 0.15) is 11.9 Å². The van der Waals surface area contributed by atoms with Gasteiger partial charge in [0.2, 0.25) is 5.82 Å². The van der Waals surface area contributed by atoms with Gasteiger partial charge in [-0.3, -0.25) is 0 Å². The molecule has 0 amide bonds. The third-order valence-electron chi connectivity index (χ3n) is 3.09. The fraction of sp³-hybridized carbons (Fsp3) is 0.385. The average Bonchev–Trinajstić information content (AvgIpc) is 2.92. The molecule has 0 spiro atoms. The molecule has 1 unspecified atom stereocenters. The van der Waals surface area contributed by atoms with Crippen molar-refractivity contribution in [3.8, 4) is 11.4 Å². The van der Waals surface area contributed by atoms with Gasteiger partial charge in [-0.05, 0) is 24.6 Å². The lowest BCUT2D eigenvalue weighted by Crippen LogP contribution is -2.33. The van der Waals surface area contributed by atoms with Crippen LogP contribution in [0.1, 0.15) is 17.6 Å². The number of aryl methyl sites for hydroxylation is 1. The Labute approximate surface area is 109 Å². The van der Waals surface area contributed by atoms with Crippen molar-refractivity contribution >= 4 is 0 Å². The number of ether oxygens (including phenoxy) is 1. The summed E-state index contributed by atoms with van der Waals surface area (Å²) in [6, 6.07) is 4.51. The molecule has 0 saturated carbocycles. The number of benzene rings is 1. The maximum Gasteiger partial charge on any atom is 0.257 e. The quantitative estimate of drug-likeness (QED) is 0.896. The maximum atomic E-state index is 13.3. The summed E-state index contributed by atoms with van der Waals surface area (Å²) in [5, 5.41) is 7.09. The molecule has 1 aromatic heterocycles. The molecule has 0 radical (unpaired) electrons. The molecule has 1 aliphatic rings. The van der Waals surface area contributed by atoms with Gasteiger partial charge in [0.25, 0.3) is 5.89 Å². The van der Waals surface area contributed by atoms with E-state index in [4.69, 9.17) is 9.26 Å². The first kappa shape index (κ1) is 12.3. The number of hydrogen-bond donors (Lipinski definition) is 1. The first-order chi connectivity index (χ1) is 9.24. The van der Waals surface area contributed by atoms with Crippen LogP contribution in [0.25, 0.3) is 11.4 Å². The average molecular weight is 263 g/mol. The molecular weight excluding hydrogens is 249 g/mol. The molecule has 0 aliphatic carbocycles. The van der Waals surface area contributed by atoms with Crippen molar-refractivity contribution in [2.75, 3.05) is 19.7 Å². The summed E-state index contributed by atoms with van der Waals surface area (Å²) in [4.78, 5) is 4.30. The highest BCUT2D eigenvalue weighted by molar-refractivity contribution is 5.59. The van der Waals surface area contributed by atoms with E-state index in [-0.39, 0.29) is 11.9 Å². The van der Waals surface area contributed by atoms with E-state index >= 15 is 0 Å². The number of aromatic nitrogens is 2. The number of halogens is 1. The Morgan fingerprint density at radius 3 is 3.11 bits per heavy atom. The smallest absolute Gasteiger partial charge is 0.257 e. The van der Waals surface area contributed by atoms with Gasteiger partial charge in [0, 0.05) is 18.7 Å². The lowest BCUT2D eigenvalue weighted by molar-refractivity contribution is 0.00755. The van der Waals surface area contributed by atoms with Crippen LogP contribution in [0.4, 0.5) is 4.39 Å². The lowest BCUT2D eigenvalue weighted by Gasteiger charge is -2.19. The standard InChI is InChI=1S/C13H14FN3O2/c1-8-2-3-9(14)6-10(8)12-16-13(19-17-12)11-7-15-4-5-18-11/h2-3,6,11,15H,4-5,7H2,1H3. The van der Waals surface area contributed by atoms with Crippen molar-refractivity contribution in [3.05, 3.63) is 35.5 Å². The van der Waals surface area contributed by atoms with Gasteiger partial charge in [0.15, 0.2) is 0 Å². The van der Waals surface area contributed by atoms with Crippen LogP contribution in [0.3, 0.4) is 0 Å². The van der Waals surface area contributed by atoms with Crippen molar-refractivity contribution in [1.29, 1.82) is 0 Å². The van der Waals surface area contributed by atoms with Crippen molar-refractivity contribution in [3.63, 3.8) is 0 Å². The lowest BCUT2D eigenvalue weighted by atomic mass is 10.1. The van der Waals surface area contributed by atoms with E-state index in [0.717, 1.165) is 12.1 Å². The van der Waals surface area contributed by atoms with Gasteiger partial charge in [-0.2, -0.15) is 4.98 Å². The predicted molar refractivity (Wildman–Crippen MR) is 66.0 cm³/mol. The van der Waals surface area contributed by atoms with Crippen LogP contribution in [-0.2, 0) is 4.74 Å². The summed E-state index contributed by atoms with van der Waals surface area (Å²) in [6.45, 7) is 3.95. The Morgan fingerprint density at radius 1 is 1.42 bits per heavy atom. The fourth-order valence-electron chi connectivity index (χ4n) is 2.03. The van der Waals surface area contributed by atoms with Gasteiger partial charge in [-0.25, -0.2) is 4.39 Å². The summed E-state index contributed by atoms with van der Waals surface area (Å²) in [7, 11) is 0. The van der Waals surface area contributed by atoms with E-state index in [1.807, 2.05) is 6.92 Å². The molecule has 2 aromatic rings. The molecule has 5 nitrogen and oxygen atoms in total. The van der Waals surface area contributed by atoms with Crippen LogP contribution in [0, 0.1) is 12.7 Å².